The van der Waals surface area contributed by atoms with Gasteiger partial charge in [-0.1, -0.05) is 5.21 Å². The van der Waals surface area contributed by atoms with Gasteiger partial charge in [0.05, 0.1) is 12.0 Å². The van der Waals surface area contributed by atoms with Crippen LogP contribution in [0.4, 0.5) is 0 Å². The molecule has 5 atom stereocenters. The number of aromatic amines is 1. The molecule has 98 valence electrons. The Bertz CT molecular complexity index is 431. The first-order chi connectivity index (χ1) is 8.66. The smallest absolute Gasteiger partial charge is 0.225 e. The summed E-state index contributed by atoms with van der Waals surface area (Å²) in [6, 6.07) is -0.219. The maximum absolute atomic E-state index is 12.3. The fraction of sp³-hybridized carbons (Fsp3) is 0.818. The van der Waals surface area contributed by atoms with E-state index >= 15 is 0 Å². The molecule has 1 amide bonds. The Morgan fingerprint density at radius 1 is 1.50 bits per heavy atom. The summed E-state index contributed by atoms with van der Waals surface area (Å²) in [6.45, 7) is 1.85. The van der Waals surface area contributed by atoms with Gasteiger partial charge in [-0.25, -0.2) is 0 Å². The SMILES string of the molecule is CC(NC(=O)C1C2CCC(C2)C1N)c1nn[nH]n1. The molecule has 7 nitrogen and oxygen atoms in total. The monoisotopic (exact) mass is 250 g/mol. The number of tetrazole rings is 1. The quantitative estimate of drug-likeness (QED) is 0.685. The summed E-state index contributed by atoms with van der Waals surface area (Å²) >= 11 is 0. The van der Waals surface area contributed by atoms with E-state index in [0.29, 0.717) is 17.7 Å². The second kappa shape index (κ2) is 4.31. The van der Waals surface area contributed by atoms with Gasteiger partial charge in [-0.2, -0.15) is 5.21 Å². The van der Waals surface area contributed by atoms with Crippen molar-refractivity contribution in [2.45, 2.75) is 38.3 Å². The number of carbonyl (C=O) groups excluding carboxylic acids is 1. The molecule has 5 unspecified atom stereocenters. The number of nitrogens with one attached hydrogen (secondary N) is 2. The number of amides is 1. The molecule has 2 fully saturated rings. The minimum absolute atomic E-state index is 0.0150. The second-order valence-electron chi connectivity index (χ2n) is 5.44. The van der Waals surface area contributed by atoms with Gasteiger partial charge in [0.25, 0.3) is 0 Å². The molecule has 3 rings (SSSR count). The average molecular weight is 250 g/mol. The minimum Gasteiger partial charge on any atom is -0.346 e. The van der Waals surface area contributed by atoms with Crippen LogP contribution < -0.4 is 11.1 Å². The number of aromatic nitrogens is 4. The number of rotatable bonds is 3. The number of fused-ring (bicyclic) bond motifs is 2. The van der Waals surface area contributed by atoms with E-state index < -0.39 is 0 Å². The molecule has 0 radical (unpaired) electrons. The van der Waals surface area contributed by atoms with Crippen molar-refractivity contribution in [3.63, 3.8) is 0 Å². The molecule has 7 heteroatoms. The maximum atomic E-state index is 12.3. The Kier molecular flexibility index (Phi) is 2.77. The van der Waals surface area contributed by atoms with Gasteiger partial charge in [0.2, 0.25) is 5.91 Å². The van der Waals surface area contributed by atoms with E-state index in [1.807, 2.05) is 6.92 Å². The van der Waals surface area contributed by atoms with Crippen molar-refractivity contribution in [2.75, 3.05) is 0 Å². The number of carbonyl (C=O) groups is 1. The van der Waals surface area contributed by atoms with Crippen molar-refractivity contribution < 1.29 is 4.79 Å². The van der Waals surface area contributed by atoms with Gasteiger partial charge in [-0.05, 0) is 38.0 Å². The predicted octanol–water partition coefficient (Wildman–Crippen LogP) is -0.250. The van der Waals surface area contributed by atoms with Crippen LogP contribution in [0.15, 0.2) is 0 Å². The van der Waals surface area contributed by atoms with Gasteiger partial charge in [0.1, 0.15) is 0 Å². The fourth-order valence-electron chi connectivity index (χ4n) is 3.45. The lowest BCUT2D eigenvalue weighted by atomic mass is 9.84. The fourth-order valence-corrected chi connectivity index (χ4v) is 3.45. The molecule has 4 N–H and O–H groups in total. The molecular weight excluding hydrogens is 232 g/mol. The predicted molar refractivity (Wildman–Crippen MR) is 63.0 cm³/mol. The van der Waals surface area contributed by atoms with Crippen LogP contribution in [0.2, 0.25) is 0 Å². The van der Waals surface area contributed by atoms with Crippen LogP contribution in [0, 0.1) is 17.8 Å². The zero-order valence-electron chi connectivity index (χ0n) is 10.3. The highest BCUT2D eigenvalue weighted by atomic mass is 16.2. The largest absolute Gasteiger partial charge is 0.346 e. The van der Waals surface area contributed by atoms with Crippen LogP contribution in [0.3, 0.4) is 0 Å². The minimum atomic E-state index is -0.234. The van der Waals surface area contributed by atoms with E-state index in [2.05, 4.69) is 25.9 Å². The highest BCUT2D eigenvalue weighted by Crippen LogP contribution is 2.47. The zero-order valence-corrected chi connectivity index (χ0v) is 10.3. The highest BCUT2D eigenvalue weighted by molar-refractivity contribution is 5.80. The van der Waals surface area contributed by atoms with E-state index in [4.69, 9.17) is 5.73 Å². The van der Waals surface area contributed by atoms with Gasteiger partial charge in [-0.3, -0.25) is 4.79 Å². The van der Waals surface area contributed by atoms with E-state index in [0.717, 1.165) is 12.8 Å². The Morgan fingerprint density at radius 3 is 2.89 bits per heavy atom. The molecule has 0 saturated heterocycles. The first-order valence-electron chi connectivity index (χ1n) is 6.46. The molecular formula is C11H18N6O. The highest BCUT2D eigenvalue weighted by Gasteiger charge is 2.49. The standard InChI is InChI=1S/C11H18N6O/c1-5(10-14-16-17-15-10)13-11(18)8-6-2-3-7(4-6)9(8)12/h5-9H,2-4,12H2,1H3,(H,13,18)(H,14,15,16,17). The molecule has 2 saturated carbocycles. The van der Waals surface area contributed by atoms with Crippen LogP contribution in [-0.4, -0.2) is 32.6 Å². The molecule has 1 aromatic heterocycles. The number of H-pyrrole nitrogens is 1. The summed E-state index contributed by atoms with van der Waals surface area (Å²) in [4.78, 5) is 12.3. The lowest BCUT2D eigenvalue weighted by molar-refractivity contribution is -0.127. The van der Waals surface area contributed by atoms with Crippen LogP contribution in [-0.2, 0) is 4.79 Å². The van der Waals surface area contributed by atoms with E-state index in [1.54, 1.807) is 0 Å². The van der Waals surface area contributed by atoms with Crippen molar-refractivity contribution >= 4 is 5.91 Å². The third kappa shape index (κ3) is 1.78. The molecule has 2 bridgehead atoms. The summed E-state index contributed by atoms with van der Waals surface area (Å²) in [7, 11) is 0. The molecule has 2 aliphatic rings. The first-order valence-corrected chi connectivity index (χ1v) is 6.46. The first kappa shape index (κ1) is 11.6. The van der Waals surface area contributed by atoms with Crippen LogP contribution in [0.1, 0.15) is 38.1 Å². The van der Waals surface area contributed by atoms with Gasteiger partial charge >= 0.3 is 0 Å². The average Bonchev–Trinajstić information content (AvgIpc) is 3.05. The summed E-state index contributed by atoms with van der Waals surface area (Å²) in [5, 5.41) is 16.5. The van der Waals surface area contributed by atoms with Gasteiger partial charge in [0, 0.05) is 6.04 Å². The summed E-state index contributed by atoms with van der Waals surface area (Å²) in [6.07, 6.45) is 3.42. The molecule has 18 heavy (non-hydrogen) atoms. The molecule has 1 aromatic rings. The van der Waals surface area contributed by atoms with Crippen LogP contribution in [0.5, 0.6) is 0 Å². The molecule has 0 aliphatic heterocycles. The van der Waals surface area contributed by atoms with Gasteiger partial charge in [0.15, 0.2) is 5.82 Å². The molecule has 1 heterocycles. The summed E-state index contributed by atoms with van der Waals surface area (Å²) in [5.74, 6) is 1.49. The van der Waals surface area contributed by atoms with Crippen molar-refractivity contribution in [1.29, 1.82) is 0 Å². The van der Waals surface area contributed by atoms with E-state index in [9.17, 15) is 4.79 Å². The van der Waals surface area contributed by atoms with E-state index in [-0.39, 0.29) is 23.9 Å². The van der Waals surface area contributed by atoms with Crippen molar-refractivity contribution in [2.24, 2.45) is 23.5 Å². The Morgan fingerprint density at radius 2 is 2.28 bits per heavy atom. The second-order valence-corrected chi connectivity index (χ2v) is 5.44. The number of hydrogen-bond donors (Lipinski definition) is 3. The Labute approximate surface area is 105 Å². The lowest BCUT2D eigenvalue weighted by Crippen LogP contribution is -2.45. The number of nitrogens with zero attached hydrogens (tertiary/aromatic N) is 3. The lowest BCUT2D eigenvalue weighted by Gasteiger charge is -2.27. The maximum Gasteiger partial charge on any atom is 0.225 e. The van der Waals surface area contributed by atoms with Crippen molar-refractivity contribution in [3.05, 3.63) is 5.82 Å². The number of hydrogen-bond acceptors (Lipinski definition) is 5. The molecule has 0 spiro atoms. The third-order valence-electron chi connectivity index (χ3n) is 4.39. The topological polar surface area (TPSA) is 110 Å². The van der Waals surface area contributed by atoms with Crippen molar-refractivity contribution in [1.82, 2.24) is 25.9 Å². The van der Waals surface area contributed by atoms with Crippen molar-refractivity contribution in [3.8, 4) is 0 Å². The van der Waals surface area contributed by atoms with Gasteiger partial charge < -0.3 is 11.1 Å². The van der Waals surface area contributed by atoms with Crippen LogP contribution in [0.25, 0.3) is 0 Å². The summed E-state index contributed by atoms with van der Waals surface area (Å²) in [5.41, 5.74) is 6.15. The van der Waals surface area contributed by atoms with Crippen LogP contribution >= 0.6 is 0 Å². The molecule has 2 aliphatic carbocycles. The molecule has 0 aromatic carbocycles. The Balaban J connectivity index is 1.65. The normalized spacial score (nSPS) is 35.7. The zero-order chi connectivity index (χ0) is 12.7. The summed E-state index contributed by atoms with van der Waals surface area (Å²) < 4.78 is 0. The Hall–Kier alpha value is -1.50. The third-order valence-corrected chi connectivity index (χ3v) is 4.39. The van der Waals surface area contributed by atoms with Gasteiger partial charge in [-0.15, -0.1) is 10.2 Å². The number of nitrogens with two attached hydrogens (primary N) is 1. The van der Waals surface area contributed by atoms with E-state index in [1.165, 1.54) is 6.42 Å².